The van der Waals surface area contributed by atoms with Gasteiger partial charge in [0, 0.05) is 6.20 Å². The minimum absolute atomic E-state index is 0.112. The van der Waals surface area contributed by atoms with E-state index in [1.54, 1.807) is 31.2 Å². The molecule has 4 heterocycles. The number of para-hydroxylation sites is 1. The van der Waals surface area contributed by atoms with E-state index in [0.717, 1.165) is 4.68 Å². The Hall–Kier alpha value is -4.80. The van der Waals surface area contributed by atoms with Gasteiger partial charge in [0.05, 0.1) is 18.1 Å². The van der Waals surface area contributed by atoms with Crippen molar-refractivity contribution in [3.8, 4) is 17.3 Å². The molecule has 4 aromatic heterocycles. The van der Waals surface area contributed by atoms with Crippen LogP contribution in [0.15, 0.2) is 67.1 Å². The summed E-state index contributed by atoms with van der Waals surface area (Å²) < 4.78 is 8.24. The lowest BCUT2D eigenvalue weighted by Gasteiger charge is -2.06. The van der Waals surface area contributed by atoms with Crippen LogP contribution in [0.5, 0.6) is 5.75 Å². The smallest absolute Gasteiger partial charge is 0.409 e. The van der Waals surface area contributed by atoms with E-state index in [0.29, 0.717) is 40.2 Å². The lowest BCUT2D eigenvalue weighted by Crippen LogP contribution is -2.17. The zero-order chi connectivity index (χ0) is 22.1. The van der Waals surface area contributed by atoms with Crippen molar-refractivity contribution in [3.05, 3.63) is 72.9 Å². The molecule has 0 saturated heterocycles. The zero-order valence-corrected chi connectivity index (χ0v) is 16.9. The summed E-state index contributed by atoms with van der Waals surface area (Å²) in [7, 11) is 0. The second-order valence-electron chi connectivity index (χ2n) is 6.78. The van der Waals surface area contributed by atoms with Gasteiger partial charge in [-0.3, -0.25) is 4.40 Å². The highest BCUT2D eigenvalue weighted by Crippen LogP contribution is 2.29. The van der Waals surface area contributed by atoms with Crippen molar-refractivity contribution in [1.29, 1.82) is 0 Å². The number of nitrogen functional groups attached to an aromatic ring is 1. The summed E-state index contributed by atoms with van der Waals surface area (Å²) in [5.41, 5.74) is 7.63. The van der Waals surface area contributed by atoms with E-state index in [1.165, 1.54) is 12.4 Å². The van der Waals surface area contributed by atoms with Crippen LogP contribution in [0.1, 0.15) is 5.82 Å². The third kappa shape index (κ3) is 3.69. The molecule has 0 saturated carbocycles. The Morgan fingerprint density at radius 1 is 1.03 bits per heavy atom. The summed E-state index contributed by atoms with van der Waals surface area (Å²) >= 11 is 0. The minimum Gasteiger partial charge on any atom is -0.409 e. The largest absolute Gasteiger partial charge is 0.440 e. The fraction of sp³-hybridized carbons (Fsp3) is 0.0476. The maximum atomic E-state index is 12.4. The number of benzene rings is 1. The van der Waals surface area contributed by atoms with E-state index in [9.17, 15) is 4.79 Å². The first-order valence-electron chi connectivity index (χ1n) is 9.61. The Labute approximate surface area is 181 Å². The SMILES string of the molecule is Cc1nc(N)nc(-c2c(Nc3cnn(C(=O)Oc4ccccc4)c3)nc3ccccn23)n1. The highest BCUT2D eigenvalue weighted by Gasteiger charge is 2.19. The van der Waals surface area contributed by atoms with Crippen LogP contribution in [-0.2, 0) is 0 Å². The van der Waals surface area contributed by atoms with Gasteiger partial charge in [0.2, 0.25) is 5.95 Å². The van der Waals surface area contributed by atoms with E-state index in [2.05, 4.69) is 30.4 Å². The van der Waals surface area contributed by atoms with Gasteiger partial charge in [-0.15, -0.1) is 0 Å². The summed E-state index contributed by atoms with van der Waals surface area (Å²) in [6, 6.07) is 14.4. The monoisotopic (exact) mass is 427 g/mol. The number of anilines is 3. The summed E-state index contributed by atoms with van der Waals surface area (Å²) in [4.78, 5) is 29.7. The zero-order valence-electron chi connectivity index (χ0n) is 16.9. The van der Waals surface area contributed by atoms with Crippen molar-refractivity contribution in [2.75, 3.05) is 11.1 Å². The first-order chi connectivity index (χ1) is 15.6. The number of hydrogen-bond donors (Lipinski definition) is 2. The Bertz CT molecular complexity index is 1410. The fourth-order valence-electron chi connectivity index (χ4n) is 3.17. The number of imidazole rings is 1. The van der Waals surface area contributed by atoms with Gasteiger partial charge in [-0.05, 0) is 31.2 Å². The molecule has 0 spiro atoms. The molecule has 32 heavy (non-hydrogen) atoms. The summed E-state index contributed by atoms with van der Waals surface area (Å²) in [5, 5.41) is 7.25. The number of nitrogens with two attached hydrogens (primary N) is 1. The topological polar surface area (TPSA) is 138 Å². The molecule has 158 valence electrons. The Morgan fingerprint density at radius 3 is 2.66 bits per heavy atom. The molecule has 0 unspecified atom stereocenters. The number of carbonyl (C=O) groups is 1. The number of aromatic nitrogens is 7. The van der Waals surface area contributed by atoms with Crippen molar-refractivity contribution in [3.63, 3.8) is 0 Å². The van der Waals surface area contributed by atoms with Gasteiger partial charge in [-0.1, -0.05) is 24.3 Å². The molecular weight excluding hydrogens is 410 g/mol. The standard InChI is InChI=1S/C21H17N9O2/c1-13-24-18(28-20(22)25-13)17-19(27-16-9-5-6-10-29(16)17)26-14-11-23-30(12-14)21(31)32-15-7-3-2-4-8-15/h2-12,26H,1H3,(H2,22,24,25,28). The molecule has 0 aliphatic carbocycles. The number of pyridine rings is 1. The van der Waals surface area contributed by atoms with Gasteiger partial charge in [0.15, 0.2) is 11.6 Å². The molecule has 5 aromatic rings. The Morgan fingerprint density at radius 2 is 1.84 bits per heavy atom. The van der Waals surface area contributed by atoms with Crippen molar-refractivity contribution in [2.45, 2.75) is 6.92 Å². The number of aryl methyl sites for hydroxylation is 1. The van der Waals surface area contributed by atoms with Crippen LogP contribution in [-0.4, -0.2) is 40.2 Å². The van der Waals surface area contributed by atoms with Crippen LogP contribution in [0.3, 0.4) is 0 Å². The van der Waals surface area contributed by atoms with E-state index in [-0.39, 0.29) is 5.95 Å². The number of hydrogen-bond acceptors (Lipinski definition) is 9. The van der Waals surface area contributed by atoms with Crippen LogP contribution < -0.4 is 15.8 Å². The van der Waals surface area contributed by atoms with Gasteiger partial charge < -0.3 is 15.8 Å². The first kappa shape index (κ1) is 19.2. The number of carbonyl (C=O) groups excluding carboxylic acids is 1. The second kappa shape index (κ2) is 7.80. The molecule has 3 N–H and O–H groups in total. The van der Waals surface area contributed by atoms with Gasteiger partial charge in [0.1, 0.15) is 22.9 Å². The molecule has 0 aliphatic heterocycles. The number of fused-ring (bicyclic) bond motifs is 1. The van der Waals surface area contributed by atoms with Crippen LogP contribution >= 0.6 is 0 Å². The normalized spacial score (nSPS) is 10.9. The quantitative estimate of drug-likeness (QED) is 0.443. The highest BCUT2D eigenvalue weighted by atomic mass is 16.6. The second-order valence-corrected chi connectivity index (χ2v) is 6.78. The maximum Gasteiger partial charge on any atom is 0.440 e. The summed E-state index contributed by atoms with van der Waals surface area (Å²) in [6.07, 6.45) is 4.21. The third-order valence-electron chi connectivity index (χ3n) is 4.49. The predicted octanol–water partition coefficient (Wildman–Crippen LogP) is 3.06. The molecule has 0 bridgehead atoms. The average molecular weight is 427 g/mol. The number of nitrogens with zero attached hydrogens (tertiary/aromatic N) is 7. The third-order valence-corrected chi connectivity index (χ3v) is 4.49. The van der Waals surface area contributed by atoms with E-state index in [1.807, 2.05) is 34.9 Å². The maximum absolute atomic E-state index is 12.4. The van der Waals surface area contributed by atoms with Gasteiger partial charge in [-0.25, -0.2) is 14.8 Å². The minimum atomic E-state index is -0.639. The number of ether oxygens (including phenoxy) is 1. The van der Waals surface area contributed by atoms with E-state index < -0.39 is 6.09 Å². The van der Waals surface area contributed by atoms with Crippen molar-refractivity contribution in [1.82, 2.24) is 34.1 Å². The Balaban J connectivity index is 1.48. The first-order valence-corrected chi connectivity index (χ1v) is 9.61. The van der Waals surface area contributed by atoms with Gasteiger partial charge in [0.25, 0.3) is 0 Å². The van der Waals surface area contributed by atoms with E-state index in [4.69, 9.17) is 10.5 Å². The number of rotatable bonds is 4. The van der Waals surface area contributed by atoms with Crippen LogP contribution in [0, 0.1) is 6.92 Å². The molecular formula is C21H17N9O2. The lowest BCUT2D eigenvalue weighted by molar-refractivity contribution is 0.199. The molecule has 11 heteroatoms. The van der Waals surface area contributed by atoms with Gasteiger partial charge >= 0.3 is 6.09 Å². The lowest BCUT2D eigenvalue weighted by atomic mass is 10.3. The Kier molecular flexibility index (Phi) is 4.67. The molecule has 0 fully saturated rings. The van der Waals surface area contributed by atoms with E-state index >= 15 is 0 Å². The predicted molar refractivity (Wildman–Crippen MR) is 117 cm³/mol. The van der Waals surface area contributed by atoms with Crippen LogP contribution in [0.25, 0.3) is 17.2 Å². The summed E-state index contributed by atoms with van der Waals surface area (Å²) in [5.74, 6) is 1.86. The molecule has 0 atom stereocenters. The van der Waals surface area contributed by atoms with Crippen LogP contribution in [0.4, 0.5) is 22.2 Å². The van der Waals surface area contributed by atoms with Crippen molar-refractivity contribution < 1.29 is 9.53 Å². The molecule has 1 aromatic carbocycles. The van der Waals surface area contributed by atoms with Gasteiger partial charge in [-0.2, -0.15) is 19.7 Å². The molecule has 0 aliphatic rings. The molecule has 5 rings (SSSR count). The molecule has 0 radical (unpaired) electrons. The fourth-order valence-corrected chi connectivity index (χ4v) is 3.17. The average Bonchev–Trinajstić information content (AvgIpc) is 3.38. The molecule has 11 nitrogen and oxygen atoms in total. The van der Waals surface area contributed by atoms with Crippen molar-refractivity contribution >= 4 is 29.2 Å². The summed E-state index contributed by atoms with van der Waals surface area (Å²) in [6.45, 7) is 1.74. The number of nitrogens with one attached hydrogen (secondary N) is 1. The van der Waals surface area contributed by atoms with Crippen LogP contribution in [0.2, 0.25) is 0 Å². The molecule has 0 amide bonds. The van der Waals surface area contributed by atoms with Crippen molar-refractivity contribution in [2.24, 2.45) is 0 Å². The highest BCUT2D eigenvalue weighted by molar-refractivity contribution is 5.78.